The molecule has 5 rings (SSSR count). The lowest BCUT2D eigenvalue weighted by molar-refractivity contribution is 0.0926. The smallest absolute Gasteiger partial charge is 0.253 e. The molecule has 2 aromatic heterocycles. The summed E-state index contributed by atoms with van der Waals surface area (Å²) in [5.74, 6) is -0.286. The van der Waals surface area contributed by atoms with Gasteiger partial charge in [0.2, 0.25) is 5.95 Å². The molecule has 0 aliphatic carbocycles. The van der Waals surface area contributed by atoms with E-state index in [9.17, 15) is 9.18 Å². The van der Waals surface area contributed by atoms with Gasteiger partial charge in [-0.2, -0.15) is 0 Å². The molecular formula is C26H24Cl2FN5O. The molecule has 1 aliphatic heterocycles. The highest BCUT2D eigenvalue weighted by atomic mass is 35.5. The quantitative estimate of drug-likeness (QED) is 0.354. The van der Waals surface area contributed by atoms with Crippen LogP contribution in [0.2, 0.25) is 10.0 Å². The number of nitrogens with zero attached hydrogens (tertiary/aromatic N) is 4. The molecule has 0 spiro atoms. The summed E-state index contributed by atoms with van der Waals surface area (Å²) in [6, 6.07) is 11.9. The number of aromatic nitrogens is 3. The number of amides is 1. The lowest BCUT2D eigenvalue weighted by atomic mass is 10.0. The summed E-state index contributed by atoms with van der Waals surface area (Å²) >= 11 is 12.4. The molecule has 1 amide bonds. The van der Waals surface area contributed by atoms with E-state index < -0.39 is 5.82 Å². The third-order valence-corrected chi connectivity index (χ3v) is 7.03. The topological polar surface area (TPSA) is 63.1 Å². The molecule has 1 atom stereocenters. The molecule has 4 aromatic rings. The first-order valence-electron chi connectivity index (χ1n) is 11.6. The van der Waals surface area contributed by atoms with Crippen LogP contribution in [-0.2, 0) is 0 Å². The van der Waals surface area contributed by atoms with E-state index in [2.05, 4.69) is 20.2 Å². The minimum Gasteiger partial charge on any atom is -0.350 e. The predicted molar refractivity (Wildman–Crippen MR) is 136 cm³/mol. The van der Waals surface area contributed by atoms with Crippen molar-refractivity contribution in [3.05, 3.63) is 88.0 Å². The first-order chi connectivity index (χ1) is 17.0. The number of benzene rings is 2. The Hall–Kier alpha value is -3.00. The molecule has 1 saturated heterocycles. The highest BCUT2D eigenvalue weighted by Gasteiger charge is 2.25. The highest BCUT2D eigenvalue weighted by Crippen LogP contribution is 2.31. The predicted octanol–water partition coefficient (Wildman–Crippen LogP) is 5.82. The SMILES string of the molecule is O=C(NCC(c1ccc(Cl)c(F)c1)N1CCCCC1)c1cn(-c2ncccn2)c2cccc(Cl)c12. The van der Waals surface area contributed by atoms with Gasteiger partial charge < -0.3 is 5.32 Å². The van der Waals surface area contributed by atoms with Crippen molar-refractivity contribution in [3.8, 4) is 5.95 Å². The van der Waals surface area contributed by atoms with Gasteiger partial charge in [-0.15, -0.1) is 0 Å². The van der Waals surface area contributed by atoms with Crippen LogP contribution in [0.25, 0.3) is 16.9 Å². The van der Waals surface area contributed by atoms with Crippen LogP contribution in [-0.4, -0.2) is 45.0 Å². The van der Waals surface area contributed by atoms with Crippen LogP contribution in [0.5, 0.6) is 0 Å². The van der Waals surface area contributed by atoms with Crippen LogP contribution >= 0.6 is 23.2 Å². The molecule has 180 valence electrons. The van der Waals surface area contributed by atoms with Gasteiger partial charge in [0.15, 0.2) is 0 Å². The zero-order valence-corrected chi connectivity index (χ0v) is 20.4. The summed E-state index contributed by atoms with van der Waals surface area (Å²) in [4.78, 5) is 24.4. The van der Waals surface area contributed by atoms with Gasteiger partial charge in [-0.25, -0.2) is 14.4 Å². The van der Waals surface area contributed by atoms with Crippen molar-refractivity contribution in [2.45, 2.75) is 25.3 Å². The molecule has 3 heterocycles. The third kappa shape index (κ3) is 4.89. The molecule has 1 fully saturated rings. The number of rotatable bonds is 6. The normalized spacial score (nSPS) is 15.3. The van der Waals surface area contributed by atoms with Gasteiger partial charge in [-0.05, 0) is 61.8 Å². The first kappa shape index (κ1) is 23.7. The van der Waals surface area contributed by atoms with Crippen LogP contribution in [0.3, 0.4) is 0 Å². The van der Waals surface area contributed by atoms with E-state index >= 15 is 0 Å². The Morgan fingerprint density at radius 1 is 1.03 bits per heavy atom. The lowest BCUT2D eigenvalue weighted by Crippen LogP contribution is -2.40. The summed E-state index contributed by atoms with van der Waals surface area (Å²) in [6.07, 6.45) is 8.31. The Kier molecular flexibility index (Phi) is 7.00. The van der Waals surface area contributed by atoms with E-state index in [4.69, 9.17) is 23.2 Å². The number of piperidine rings is 1. The number of hydrogen-bond donors (Lipinski definition) is 1. The second-order valence-electron chi connectivity index (χ2n) is 8.59. The first-order valence-corrected chi connectivity index (χ1v) is 12.3. The molecule has 0 saturated carbocycles. The molecule has 6 nitrogen and oxygen atoms in total. The molecule has 1 unspecified atom stereocenters. The number of hydrogen-bond acceptors (Lipinski definition) is 4. The van der Waals surface area contributed by atoms with Crippen LogP contribution in [0.4, 0.5) is 4.39 Å². The Morgan fingerprint density at radius 3 is 2.54 bits per heavy atom. The zero-order valence-electron chi connectivity index (χ0n) is 18.9. The number of likely N-dealkylation sites (tertiary alicyclic amines) is 1. The molecular weight excluding hydrogens is 488 g/mol. The maximum absolute atomic E-state index is 14.3. The second kappa shape index (κ2) is 10.3. The second-order valence-corrected chi connectivity index (χ2v) is 9.41. The summed E-state index contributed by atoms with van der Waals surface area (Å²) < 4.78 is 16.0. The van der Waals surface area contributed by atoms with Crippen molar-refractivity contribution in [3.63, 3.8) is 0 Å². The van der Waals surface area contributed by atoms with E-state index in [1.807, 2.05) is 18.2 Å². The van der Waals surface area contributed by atoms with Gasteiger partial charge in [0.1, 0.15) is 5.82 Å². The van der Waals surface area contributed by atoms with E-state index in [-0.39, 0.29) is 17.0 Å². The molecule has 1 aliphatic rings. The Bertz CT molecular complexity index is 1350. The van der Waals surface area contributed by atoms with Crippen LogP contribution in [0.15, 0.2) is 61.1 Å². The fourth-order valence-corrected chi connectivity index (χ4v) is 5.08. The maximum atomic E-state index is 14.3. The average molecular weight is 512 g/mol. The number of fused-ring (bicyclic) bond motifs is 1. The summed E-state index contributed by atoms with van der Waals surface area (Å²) in [5, 5.41) is 4.25. The standard InChI is InChI=1S/C26H24Cl2FN5O/c27-19-9-8-17(14-21(19)29)23(33-12-2-1-3-13-33)15-32-25(35)18-16-34(26-30-10-5-11-31-26)22-7-4-6-20(28)24(18)22/h4-11,14,16,23H,1-3,12-13,15H2,(H,32,35). The van der Waals surface area contributed by atoms with Crippen molar-refractivity contribution in [2.24, 2.45) is 0 Å². The van der Waals surface area contributed by atoms with Crippen molar-refractivity contribution < 1.29 is 9.18 Å². The number of carbonyl (C=O) groups is 1. The van der Waals surface area contributed by atoms with Gasteiger partial charge in [0.25, 0.3) is 5.91 Å². The van der Waals surface area contributed by atoms with E-state index in [1.54, 1.807) is 41.4 Å². The number of halogens is 3. The Balaban J connectivity index is 1.46. The van der Waals surface area contributed by atoms with Gasteiger partial charge in [0.05, 0.1) is 27.2 Å². The minimum absolute atomic E-state index is 0.0840. The van der Waals surface area contributed by atoms with Crippen LogP contribution in [0, 0.1) is 5.82 Å². The largest absolute Gasteiger partial charge is 0.350 e. The Labute approximate surface area is 212 Å². The third-order valence-electron chi connectivity index (χ3n) is 6.41. The van der Waals surface area contributed by atoms with Crippen molar-refractivity contribution in [2.75, 3.05) is 19.6 Å². The lowest BCUT2D eigenvalue weighted by Gasteiger charge is -2.35. The minimum atomic E-state index is -0.463. The monoisotopic (exact) mass is 511 g/mol. The summed E-state index contributed by atoms with van der Waals surface area (Å²) in [6.45, 7) is 2.10. The van der Waals surface area contributed by atoms with Gasteiger partial charge in [-0.3, -0.25) is 14.3 Å². The fourth-order valence-electron chi connectivity index (χ4n) is 4.69. The molecule has 1 N–H and O–H groups in total. The zero-order chi connectivity index (χ0) is 24.4. The van der Waals surface area contributed by atoms with Crippen molar-refractivity contribution in [1.82, 2.24) is 24.8 Å². The molecule has 9 heteroatoms. The molecule has 0 radical (unpaired) electrons. The van der Waals surface area contributed by atoms with Gasteiger partial charge in [0, 0.05) is 30.5 Å². The van der Waals surface area contributed by atoms with E-state index in [1.165, 1.54) is 12.5 Å². The summed E-state index contributed by atoms with van der Waals surface area (Å²) in [5.41, 5.74) is 1.95. The number of nitrogens with one attached hydrogen (secondary N) is 1. The van der Waals surface area contributed by atoms with E-state index in [0.29, 0.717) is 28.5 Å². The fraction of sp³-hybridized carbons (Fsp3) is 0.269. The maximum Gasteiger partial charge on any atom is 0.253 e. The van der Waals surface area contributed by atoms with Crippen molar-refractivity contribution in [1.29, 1.82) is 0 Å². The Morgan fingerprint density at radius 2 is 1.80 bits per heavy atom. The summed E-state index contributed by atoms with van der Waals surface area (Å²) in [7, 11) is 0. The van der Waals surface area contributed by atoms with E-state index in [0.717, 1.165) is 37.0 Å². The molecule has 0 bridgehead atoms. The van der Waals surface area contributed by atoms with Gasteiger partial charge in [-0.1, -0.05) is 41.8 Å². The van der Waals surface area contributed by atoms with Crippen LogP contribution in [0.1, 0.15) is 41.2 Å². The molecule has 2 aromatic carbocycles. The van der Waals surface area contributed by atoms with Gasteiger partial charge >= 0.3 is 0 Å². The number of carbonyl (C=O) groups excluding carboxylic acids is 1. The van der Waals surface area contributed by atoms with Crippen LogP contribution < -0.4 is 5.32 Å². The average Bonchev–Trinajstić information content (AvgIpc) is 3.28. The van der Waals surface area contributed by atoms with Crippen molar-refractivity contribution >= 4 is 40.0 Å². The molecule has 35 heavy (non-hydrogen) atoms. The highest BCUT2D eigenvalue weighted by molar-refractivity contribution is 6.37.